The highest BCUT2D eigenvalue weighted by Crippen LogP contribution is 2.75. The van der Waals surface area contributed by atoms with Gasteiger partial charge >= 0.3 is 0 Å². The highest BCUT2D eigenvalue weighted by molar-refractivity contribution is 5.63. The molecule has 4 fully saturated rings. The van der Waals surface area contributed by atoms with Crippen molar-refractivity contribution < 1.29 is 9.90 Å². The first-order valence-electron chi connectivity index (χ1n) is 13.7. The quantitative estimate of drug-likeness (QED) is 0.346. The predicted molar refractivity (Wildman–Crippen MR) is 131 cm³/mol. The lowest BCUT2D eigenvalue weighted by molar-refractivity contribution is -0.203. The van der Waals surface area contributed by atoms with Crippen molar-refractivity contribution in [2.45, 2.75) is 112 Å². The lowest BCUT2D eigenvalue weighted by atomic mass is 9.33. The number of hydrogen-bond acceptors (Lipinski definition) is 2. The van der Waals surface area contributed by atoms with Gasteiger partial charge in [0.1, 0.15) is 6.29 Å². The molecule has 10 atom stereocenters. The first-order valence-corrected chi connectivity index (χ1v) is 13.7. The third kappa shape index (κ3) is 2.60. The van der Waals surface area contributed by atoms with Crippen LogP contribution in [0.4, 0.5) is 0 Å². The normalized spacial score (nSPS) is 56.7. The zero-order chi connectivity index (χ0) is 23.3. The zero-order valence-electron chi connectivity index (χ0n) is 21.8. The van der Waals surface area contributed by atoms with Gasteiger partial charge in [-0.3, -0.25) is 0 Å². The van der Waals surface area contributed by atoms with Crippen molar-refractivity contribution in [1.82, 2.24) is 0 Å². The Balaban J connectivity index is 1.60. The summed E-state index contributed by atoms with van der Waals surface area (Å²) in [6, 6.07) is 0. The summed E-state index contributed by atoms with van der Waals surface area (Å²) >= 11 is 0. The van der Waals surface area contributed by atoms with Crippen molar-refractivity contribution in [3.8, 4) is 0 Å². The molecule has 180 valence electrons. The Morgan fingerprint density at radius 2 is 1.62 bits per heavy atom. The maximum Gasteiger partial charge on any atom is 0.126 e. The molecule has 0 aliphatic heterocycles. The average Bonchev–Trinajstić information content (AvgIpc) is 2.74. The fraction of sp³-hybridized carbons (Fsp3) is 0.900. The Morgan fingerprint density at radius 3 is 2.31 bits per heavy atom. The van der Waals surface area contributed by atoms with E-state index in [9.17, 15) is 9.90 Å². The molecule has 32 heavy (non-hydrogen) atoms. The van der Waals surface area contributed by atoms with Gasteiger partial charge in [0.25, 0.3) is 0 Å². The minimum Gasteiger partial charge on any atom is -0.393 e. The van der Waals surface area contributed by atoms with Crippen LogP contribution < -0.4 is 0 Å². The number of allylic oxidation sites excluding steroid dienone is 2. The minimum atomic E-state index is -0.164. The van der Waals surface area contributed by atoms with E-state index in [1.165, 1.54) is 38.4 Å². The molecule has 0 aromatic heterocycles. The standard InChI is InChI=1S/C30H48O2/c1-19-10-15-30(18-31)17-16-28(6)21(25(30)20(19)2)8-9-23-27(5)13-12-24(32)26(3,4)22(27)11-14-29(23,28)7/h8,18-20,22-25,32H,9-17H2,1-7H3/t19-,20+,22+,23-,24+,25-,27+,28-,29-,30-/m1/s1. The molecule has 5 rings (SSSR count). The summed E-state index contributed by atoms with van der Waals surface area (Å²) in [5.41, 5.74) is 2.35. The number of carbonyl (C=O) groups excluding carboxylic acids is 1. The highest BCUT2D eigenvalue weighted by atomic mass is 16.3. The highest BCUT2D eigenvalue weighted by Gasteiger charge is 2.68. The first kappa shape index (κ1) is 23.1. The van der Waals surface area contributed by atoms with Crippen LogP contribution in [0.3, 0.4) is 0 Å². The van der Waals surface area contributed by atoms with Gasteiger partial charge in [0.05, 0.1) is 6.10 Å². The summed E-state index contributed by atoms with van der Waals surface area (Å²) in [6.45, 7) is 17.3. The van der Waals surface area contributed by atoms with Crippen molar-refractivity contribution >= 4 is 6.29 Å². The van der Waals surface area contributed by atoms with Gasteiger partial charge in [0.2, 0.25) is 0 Å². The number of carbonyl (C=O) groups is 1. The number of fused-ring (bicyclic) bond motifs is 7. The molecular formula is C30H48O2. The van der Waals surface area contributed by atoms with E-state index in [-0.39, 0.29) is 27.8 Å². The Morgan fingerprint density at radius 1 is 0.906 bits per heavy atom. The van der Waals surface area contributed by atoms with Crippen molar-refractivity contribution in [3.63, 3.8) is 0 Å². The van der Waals surface area contributed by atoms with Gasteiger partial charge in [-0.25, -0.2) is 0 Å². The average molecular weight is 441 g/mol. The Bertz CT molecular complexity index is 827. The molecule has 5 aliphatic rings. The molecule has 0 radical (unpaired) electrons. The van der Waals surface area contributed by atoms with Crippen molar-refractivity contribution in [2.24, 2.45) is 56.7 Å². The number of aldehydes is 1. The Kier molecular flexibility index (Phi) is 5.03. The summed E-state index contributed by atoms with van der Waals surface area (Å²) in [6.07, 6.45) is 14.2. The fourth-order valence-corrected chi connectivity index (χ4v) is 10.7. The van der Waals surface area contributed by atoms with E-state index in [1.54, 1.807) is 5.57 Å². The maximum absolute atomic E-state index is 12.6. The molecule has 4 saturated carbocycles. The van der Waals surface area contributed by atoms with Gasteiger partial charge in [-0.15, -0.1) is 0 Å². The van der Waals surface area contributed by atoms with Crippen LogP contribution in [0.1, 0.15) is 106 Å². The van der Waals surface area contributed by atoms with Gasteiger partial charge in [-0.05, 0) is 109 Å². The van der Waals surface area contributed by atoms with E-state index < -0.39 is 0 Å². The second kappa shape index (κ2) is 6.96. The Labute approximate surface area is 197 Å². The van der Waals surface area contributed by atoms with Crippen LogP contribution >= 0.6 is 0 Å². The summed E-state index contributed by atoms with van der Waals surface area (Å²) < 4.78 is 0. The maximum atomic E-state index is 12.6. The minimum absolute atomic E-state index is 0.00573. The molecule has 0 saturated heterocycles. The van der Waals surface area contributed by atoms with E-state index in [1.807, 2.05) is 0 Å². The summed E-state index contributed by atoms with van der Waals surface area (Å²) in [5, 5.41) is 10.9. The van der Waals surface area contributed by atoms with Crippen LogP contribution in [0.5, 0.6) is 0 Å². The van der Waals surface area contributed by atoms with Gasteiger partial charge in [-0.2, -0.15) is 0 Å². The number of rotatable bonds is 1. The van der Waals surface area contributed by atoms with E-state index in [0.29, 0.717) is 35.0 Å². The van der Waals surface area contributed by atoms with Crippen molar-refractivity contribution in [2.75, 3.05) is 0 Å². The van der Waals surface area contributed by atoms with Crippen LogP contribution in [-0.4, -0.2) is 17.5 Å². The Hall–Kier alpha value is -0.630. The molecule has 0 amide bonds. The molecule has 2 nitrogen and oxygen atoms in total. The number of aliphatic hydroxyl groups is 1. The molecule has 2 heteroatoms. The van der Waals surface area contributed by atoms with Crippen LogP contribution in [0.25, 0.3) is 0 Å². The monoisotopic (exact) mass is 440 g/mol. The van der Waals surface area contributed by atoms with E-state index in [2.05, 4.69) is 54.5 Å². The summed E-state index contributed by atoms with van der Waals surface area (Å²) in [5.74, 6) is 3.01. The van der Waals surface area contributed by atoms with Gasteiger partial charge < -0.3 is 9.90 Å². The molecule has 0 heterocycles. The molecule has 0 bridgehead atoms. The predicted octanol–water partition coefficient (Wildman–Crippen LogP) is 7.20. The third-order valence-corrected chi connectivity index (χ3v) is 13.3. The number of aliphatic hydroxyl groups excluding tert-OH is 1. The lowest BCUT2D eigenvalue weighted by Crippen LogP contribution is -2.65. The van der Waals surface area contributed by atoms with Crippen molar-refractivity contribution in [1.29, 1.82) is 0 Å². The molecule has 0 aromatic rings. The topological polar surface area (TPSA) is 37.3 Å². The second-order valence-electron chi connectivity index (χ2n) is 14.4. The van der Waals surface area contributed by atoms with Gasteiger partial charge in [-0.1, -0.05) is 60.1 Å². The largest absolute Gasteiger partial charge is 0.393 e. The zero-order valence-corrected chi connectivity index (χ0v) is 21.8. The van der Waals surface area contributed by atoms with E-state index in [0.717, 1.165) is 25.7 Å². The SMILES string of the molecule is C[C@H]1[C@H](C)CC[C@]2(C=O)CC[C@]3(C)C(=CC[C@@H]4[C@@]5(C)CC[C@H](O)C(C)(C)[C@@H]5CC[C@]43C)[C@@H]12. The number of hydrogen-bond donors (Lipinski definition) is 1. The third-order valence-electron chi connectivity index (χ3n) is 13.3. The lowest BCUT2D eigenvalue weighted by Gasteiger charge is -2.71. The molecule has 0 unspecified atom stereocenters. The molecule has 5 aliphatic carbocycles. The molecular weight excluding hydrogens is 392 g/mol. The molecule has 1 N–H and O–H groups in total. The first-order chi connectivity index (χ1) is 14.9. The van der Waals surface area contributed by atoms with Crippen LogP contribution in [-0.2, 0) is 4.79 Å². The van der Waals surface area contributed by atoms with Crippen molar-refractivity contribution in [3.05, 3.63) is 11.6 Å². The van der Waals surface area contributed by atoms with E-state index >= 15 is 0 Å². The van der Waals surface area contributed by atoms with Crippen LogP contribution in [0.15, 0.2) is 11.6 Å². The van der Waals surface area contributed by atoms with Crippen LogP contribution in [0.2, 0.25) is 0 Å². The molecule has 0 spiro atoms. The van der Waals surface area contributed by atoms with Gasteiger partial charge in [0.15, 0.2) is 0 Å². The van der Waals surface area contributed by atoms with Crippen LogP contribution in [0, 0.1) is 56.7 Å². The summed E-state index contributed by atoms with van der Waals surface area (Å²) in [4.78, 5) is 12.6. The smallest absolute Gasteiger partial charge is 0.126 e. The second-order valence-corrected chi connectivity index (χ2v) is 14.4. The van der Waals surface area contributed by atoms with Gasteiger partial charge in [0, 0.05) is 5.41 Å². The fourth-order valence-electron chi connectivity index (χ4n) is 10.7. The summed E-state index contributed by atoms with van der Waals surface area (Å²) in [7, 11) is 0. The molecule has 0 aromatic carbocycles. The van der Waals surface area contributed by atoms with E-state index in [4.69, 9.17) is 0 Å².